The van der Waals surface area contributed by atoms with Crippen LogP contribution in [0.1, 0.15) is 49.3 Å². The first kappa shape index (κ1) is 15.2. The normalized spacial score (nSPS) is 26.5. The molecule has 1 aromatic rings. The molecule has 2 N–H and O–H groups in total. The van der Waals surface area contributed by atoms with Crippen molar-refractivity contribution in [1.29, 1.82) is 0 Å². The van der Waals surface area contributed by atoms with Gasteiger partial charge in [0.1, 0.15) is 5.78 Å². The third-order valence-corrected chi connectivity index (χ3v) is 4.86. The predicted octanol–water partition coefficient (Wildman–Crippen LogP) is 3.57. The number of nitrogens with two attached hydrogens (primary N) is 1. The fourth-order valence-electron chi connectivity index (χ4n) is 3.46. The van der Waals surface area contributed by atoms with Crippen molar-refractivity contribution in [2.24, 2.45) is 17.1 Å². The van der Waals surface area contributed by atoms with Crippen molar-refractivity contribution in [3.8, 4) is 0 Å². The molecule has 110 valence electrons. The monoisotopic (exact) mass is 273 g/mol. The average Bonchev–Trinajstić information content (AvgIpc) is 2.38. The van der Waals surface area contributed by atoms with E-state index in [1.807, 2.05) is 0 Å². The third-order valence-electron chi connectivity index (χ3n) is 4.86. The van der Waals surface area contributed by atoms with Crippen LogP contribution in [0, 0.1) is 25.2 Å². The Morgan fingerprint density at radius 2 is 1.75 bits per heavy atom. The van der Waals surface area contributed by atoms with E-state index < -0.39 is 0 Å². The Morgan fingerprint density at radius 3 is 2.25 bits per heavy atom. The van der Waals surface area contributed by atoms with Crippen LogP contribution in [0.5, 0.6) is 0 Å². The first-order valence-electron chi connectivity index (χ1n) is 7.76. The Balaban J connectivity index is 2.13. The maximum Gasteiger partial charge on any atom is 0.144 e. The molecule has 0 radical (unpaired) electrons. The lowest BCUT2D eigenvalue weighted by Gasteiger charge is -2.37. The van der Waals surface area contributed by atoms with Gasteiger partial charge in [-0.25, -0.2) is 0 Å². The summed E-state index contributed by atoms with van der Waals surface area (Å²) in [6.45, 7) is 6.95. The summed E-state index contributed by atoms with van der Waals surface area (Å²) in [5.41, 5.74) is 9.31. The van der Waals surface area contributed by atoms with Crippen LogP contribution in [0.15, 0.2) is 18.2 Å². The van der Waals surface area contributed by atoms with Crippen molar-refractivity contribution in [3.05, 3.63) is 34.9 Å². The van der Waals surface area contributed by atoms with Gasteiger partial charge in [0.2, 0.25) is 0 Å². The first-order valence-corrected chi connectivity index (χ1v) is 7.76. The standard InChI is InChI=1S/C18H27NO/c1-13-4-6-18(12-19,7-5-13)17(20)11-16-9-14(2)8-15(3)10-16/h8-10,13H,4-7,11-12,19H2,1-3H3. The zero-order chi connectivity index (χ0) is 14.8. The maximum absolute atomic E-state index is 12.8. The first-order chi connectivity index (χ1) is 9.45. The van der Waals surface area contributed by atoms with Gasteiger partial charge in [0, 0.05) is 18.4 Å². The van der Waals surface area contributed by atoms with Crippen molar-refractivity contribution in [2.45, 2.75) is 52.9 Å². The summed E-state index contributed by atoms with van der Waals surface area (Å²) < 4.78 is 0. The van der Waals surface area contributed by atoms with Gasteiger partial charge in [-0.05, 0) is 51.0 Å². The fraction of sp³-hybridized carbons (Fsp3) is 0.611. The van der Waals surface area contributed by atoms with Crippen LogP contribution in [-0.4, -0.2) is 12.3 Å². The molecule has 0 heterocycles. The second-order valence-corrected chi connectivity index (χ2v) is 6.76. The van der Waals surface area contributed by atoms with E-state index >= 15 is 0 Å². The molecule has 1 aromatic carbocycles. The lowest BCUT2D eigenvalue weighted by atomic mass is 9.67. The Morgan fingerprint density at radius 1 is 1.20 bits per heavy atom. The summed E-state index contributed by atoms with van der Waals surface area (Å²) in [6, 6.07) is 6.40. The largest absolute Gasteiger partial charge is 0.329 e. The molecular weight excluding hydrogens is 246 g/mol. The number of carbonyl (C=O) groups excluding carboxylic acids is 1. The number of Topliss-reactive ketones (excluding diaryl/α,β-unsaturated/α-hetero) is 1. The zero-order valence-corrected chi connectivity index (χ0v) is 13.0. The Labute approximate surface area is 122 Å². The van der Waals surface area contributed by atoms with Gasteiger partial charge in [-0.15, -0.1) is 0 Å². The van der Waals surface area contributed by atoms with Crippen molar-refractivity contribution in [2.75, 3.05) is 6.54 Å². The van der Waals surface area contributed by atoms with Gasteiger partial charge in [-0.1, -0.05) is 36.2 Å². The molecule has 1 fully saturated rings. The third kappa shape index (κ3) is 3.29. The highest BCUT2D eigenvalue weighted by Crippen LogP contribution is 2.39. The van der Waals surface area contributed by atoms with Gasteiger partial charge < -0.3 is 5.73 Å². The lowest BCUT2D eigenvalue weighted by molar-refractivity contribution is -0.129. The van der Waals surface area contributed by atoms with E-state index in [0.717, 1.165) is 37.2 Å². The minimum absolute atomic E-state index is 0.260. The van der Waals surface area contributed by atoms with E-state index in [2.05, 4.69) is 39.0 Å². The predicted molar refractivity (Wildman–Crippen MR) is 83.7 cm³/mol. The number of rotatable bonds is 4. The summed E-state index contributed by atoms with van der Waals surface area (Å²) in [6.07, 6.45) is 4.74. The molecule has 1 saturated carbocycles. The van der Waals surface area contributed by atoms with Crippen molar-refractivity contribution in [3.63, 3.8) is 0 Å². The van der Waals surface area contributed by atoms with E-state index in [1.165, 1.54) is 11.1 Å². The average molecular weight is 273 g/mol. The minimum Gasteiger partial charge on any atom is -0.329 e. The van der Waals surface area contributed by atoms with Crippen LogP contribution in [-0.2, 0) is 11.2 Å². The van der Waals surface area contributed by atoms with Crippen molar-refractivity contribution in [1.82, 2.24) is 0 Å². The summed E-state index contributed by atoms with van der Waals surface area (Å²) in [4.78, 5) is 12.8. The Hall–Kier alpha value is -1.15. The van der Waals surface area contributed by atoms with Crippen molar-refractivity contribution < 1.29 is 4.79 Å². The van der Waals surface area contributed by atoms with Gasteiger partial charge in [-0.3, -0.25) is 4.79 Å². The van der Waals surface area contributed by atoms with Crippen LogP contribution < -0.4 is 5.73 Å². The minimum atomic E-state index is -0.260. The molecule has 0 aromatic heterocycles. The summed E-state index contributed by atoms with van der Waals surface area (Å²) in [5, 5.41) is 0. The summed E-state index contributed by atoms with van der Waals surface area (Å²) in [7, 11) is 0. The lowest BCUT2D eigenvalue weighted by Crippen LogP contribution is -2.42. The quantitative estimate of drug-likeness (QED) is 0.911. The highest BCUT2D eigenvalue weighted by molar-refractivity contribution is 5.87. The number of carbonyl (C=O) groups is 1. The van der Waals surface area contributed by atoms with Crippen LogP contribution >= 0.6 is 0 Å². The van der Waals surface area contributed by atoms with Gasteiger partial charge in [0.25, 0.3) is 0 Å². The number of hydrogen-bond donors (Lipinski definition) is 1. The topological polar surface area (TPSA) is 43.1 Å². The highest BCUT2D eigenvalue weighted by Gasteiger charge is 2.39. The van der Waals surface area contributed by atoms with E-state index in [9.17, 15) is 4.79 Å². The summed E-state index contributed by atoms with van der Waals surface area (Å²) in [5.74, 6) is 1.08. The van der Waals surface area contributed by atoms with Crippen LogP contribution in [0.25, 0.3) is 0 Å². The van der Waals surface area contributed by atoms with Gasteiger partial charge >= 0.3 is 0 Å². The molecule has 2 heteroatoms. The Kier molecular flexibility index (Phi) is 4.64. The molecule has 0 aliphatic heterocycles. The number of hydrogen-bond acceptors (Lipinski definition) is 2. The number of ketones is 1. The van der Waals surface area contributed by atoms with Gasteiger partial charge in [0.15, 0.2) is 0 Å². The molecule has 0 bridgehead atoms. The van der Waals surface area contributed by atoms with Crippen LogP contribution in [0.3, 0.4) is 0 Å². The molecule has 1 aliphatic carbocycles. The van der Waals surface area contributed by atoms with E-state index in [4.69, 9.17) is 5.73 Å². The van der Waals surface area contributed by atoms with Crippen LogP contribution in [0.2, 0.25) is 0 Å². The molecule has 2 rings (SSSR count). The molecular formula is C18H27NO. The zero-order valence-electron chi connectivity index (χ0n) is 13.0. The van der Waals surface area contributed by atoms with Gasteiger partial charge in [-0.2, -0.15) is 0 Å². The van der Waals surface area contributed by atoms with Crippen LogP contribution in [0.4, 0.5) is 0 Å². The molecule has 0 spiro atoms. The highest BCUT2D eigenvalue weighted by atomic mass is 16.1. The molecule has 0 unspecified atom stereocenters. The molecule has 1 aliphatic rings. The second-order valence-electron chi connectivity index (χ2n) is 6.76. The SMILES string of the molecule is Cc1cc(C)cc(CC(=O)C2(CN)CCC(C)CC2)c1. The van der Waals surface area contributed by atoms with E-state index in [-0.39, 0.29) is 5.41 Å². The van der Waals surface area contributed by atoms with Crippen molar-refractivity contribution >= 4 is 5.78 Å². The molecule has 0 amide bonds. The fourth-order valence-corrected chi connectivity index (χ4v) is 3.46. The maximum atomic E-state index is 12.8. The number of aryl methyl sites for hydroxylation is 2. The van der Waals surface area contributed by atoms with E-state index in [1.54, 1.807) is 0 Å². The van der Waals surface area contributed by atoms with E-state index in [0.29, 0.717) is 18.7 Å². The number of benzene rings is 1. The second kappa shape index (κ2) is 6.09. The summed E-state index contributed by atoms with van der Waals surface area (Å²) >= 11 is 0. The molecule has 0 saturated heterocycles. The molecule has 2 nitrogen and oxygen atoms in total. The molecule has 20 heavy (non-hydrogen) atoms. The van der Waals surface area contributed by atoms with Gasteiger partial charge in [0.05, 0.1) is 0 Å². The Bertz CT molecular complexity index is 464. The smallest absolute Gasteiger partial charge is 0.144 e. The molecule has 0 atom stereocenters.